The Hall–Kier alpha value is 0.669. The topological polar surface area (TPSA) is 12.9 Å². The Morgan fingerprint density at radius 2 is 2.25 bits per heavy atom. The molecule has 3 radical (unpaired) electrons. The summed E-state index contributed by atoms with van der Waals surface area (Å²) in [6.07, 6.45) is 1.82. The fourth-order valence-corrected chi connectivity index (χ4v) is 1.03. The summed E-state index contributed by atoms with van der Waals surface area (Å²) in [6, 6.07) is 5.98. The van der Waals surface area contributed by atoms with Crippen LogP contribution in [0, 0.1) is 0 Å². The molecule has 0 fully saturated rings. The van der Waals surface area contributed by atoms with Crippen LogP contribution in [0.5, 0.6) is 0 Å². The molecule has 0 aliphatic rings. The van der Waals surface area contributed by atoms with Gasteiger partial charge in [0.25, 0.3) is 0 Å². The molecule has 0 aliphatic heterocycles. The quantitative estimate of drug-likeness (QED) is 0.465. The number of rotatable bonds is 0. The average molecular weight is 293 g/mol. The van der Waals surface area contributed by atoms with Crippen LogP contribution in [0.4, 0.5) is 0 Å². The first kappa shape index (κ1) is 8.67. The number of pyridine rings is 1. The Labute approximate surface area is 78.2 Å². The third-order valence-corrected chi connectivity index (χ3v) is 1.81. The SMILES string of the molecule is [H-].[Li+].[Pb][c]1ccccn1. The second kappa shape index (κ2) is 4.54. The van der Waals surface area contributed by atoms with E-state index in [4.69, 9.17) is 0 Å². The van der Waals surface area contributed by atoms with Crippen molar-refractivity contribution < 1.29 is 20.3 Å². The van der Waals surface area contributed by atoms with Crippen LogP contribution < -0.4 is 22.1 Å². The molecule has 3 heteroatoms. The molecule has 0 bridgehead atoms. The standard InChI is InChI=1S/C5H4N.Li.Pb.H/c1-2-4-6-5-3-1;;;/h1-4H;;;/q;+1;;-1. The van der Waals surface area contributed by atoms with Crippen molar-refractivity contribution in [1.29, 1.82) is 0 Å². The monoisotopic (exact) mass is 294 g/mol. The Morgan fingerprint density at radius 1 is 1.50 bits per heavy atom. The van der Waals surface area contributed by atoms with E-state index in [1.807, 2.05) is 24.4 Å². The Kier molecular flexibility index (Phi) is 4.92. The van der Waals surface area contributed by atoms with Crippen molar-refractivity contribution in [2.75, 3.05) is 0 Å². The van der Waals surface area contributed by atoms with Gasteiger partial charge in [0, 0.05) is 0 Å². The van der Waals surface area contributed by atoms with Crippen LogP contribution in [0.1, 0.15) is 1.43 Å². The molecule has 1 heterocycles. The van der Waals surface area contributed by atoms with Crippen molar-refractivity contribution in [1.82, 2.24) is 4.98 Å². The fourth-order valence-electron chi connectivity index (χ4n) is 0.363. The first-order valence-electron chi connectivity index (χ1n) is 2.02. The maximum absolute atomic E-state index is 4.04. The van der Waals surface area contributed by atoms with E-state index in [0.29, 0.717) is 0 Å². The molecule has 0 aliphatic carbocycles. The van der Waals surface area contributed by atoms with Gasteiger partial charge >= 0.3 is 77.3 Å². The molecule has 0 spiro atoms. The normalized spacial score (nSPS) is 7.62. The molecule has 0 unspecified atom stereocenters. The summed E-state index contributed by atoms with van der Waals surface area (Å²) in [7, 11) is 0. The van der Waals surface area contributed by atoms with E-state index < -0.39 is 0 Å². The molecular formula is C5H5LiNPb. The van der Waals surface area contributed by atoms with Gasteiger partial charge in [-0.15, -0.1) is 0 Å². The van der Waals surface area contributed by atoms with Gasteiger partial charge in [-0.25, -0.2) is 0 Å². The van der Waals surface area contributed by atoms with E-state index in [2.05, 4.69) is 4.98 Å². The van der Waals surface area contributed by atoms with Crippen molar-refractivity contribution in [3.05, 3.63) is 24.4 Å². The van der Waals surface area contributed by atoms with Crippen LogP contribution in [0.25, 0.3) is 0 Å². The zero-order valence-electron chi connectivity index (χ0n) is 5.76. The van der Waals surface area contributed by atoms with E-state index in [1.165, 1.54) is 3.25 Å². The number of hydrogen-bond donors (Lipinski definition) is 0. The van der Waals surface area contributed by atoms with E-state index in [-0.39, 0.29) is 20.3 Å². The molecule has 35 valence electrons. The second-order valence-corrected chi connectivity index (χ2v) is 3.21. The number of hydrogen-bond acceptors (Lipinski definition) is 1. The van der Waals surface area contributed by atoms with Crippen molar-refractivity contribution in [2.45, 2.75) is 0 Å². The van der Waals surface area contributed by atoms with Gasteiger partial charge < -0.3 is 1.43 Å². The summed E-state index contributed by atoms with van der Waals surface area (Å²) in [6.45, 7) is 0. The zero-order valence-corrected chi connectivity index (χ0v) is 8.64. The molecule has 0 saturated heterocycles. The molecule has 1 nitrogen and oxygen atoms in total. The summed E-state index contributed by atoms with van der Waals surface area (Å²) in [4.78, 5) is 4.04. The summed E-state index contributed by atoms with van der Waals surface area (Å²) < 4.78 is 1.21. The predicted molar refractivity (Wildman–Crippen MR) is 30.7 cm³/mol. The van der Waals surface area contributed by atoms with Gasteiger partial charge in [0.05, 0.1) is 0 Å². The Morgan fingerprint density at radius 3 is 2.50 bits per heavy atom. The second-order valence-electron chi connectivity index (χ2n) is 1.21. The first-order valence-corrected chi connectivity index (χ1v) is 3.96. The van der Waals surface area contributed by atoms with Gasteiger partial charge in [-0.3, -0.25) is 0 Å². The number of aromatic nitrogens is 1. The summed E-state index contributed by atoms with van der Waals surface area (Å²) in [5.41, 5.74) is 0. The maximum atomic E-state index is 4.04. The van der Waals surface area contributed by atoms with Crippen molar-refractivity contribution in [3.8, 4) is 0 Å². The van der Waals surface area contributed by atoms with Gasteiger partial charge in [0.1, 0.15) is 0 Å². The molecule has 8 heavy (non-hydrogen) atoms. The van der Waals surface area contributed by atoms with Crippen molar-refractivity contribution in [2.24, 2.45) is 0 Å². The molecule has 0 atom stereocenters. The molecular weight excluding hydrogens is 288 g/mol. The molecule has 1 rings (SSSR count). The molecule has 0 N–H and O–H groups in total. The van der Waals surface area contributed by atoms with Crippen LogP contribution in [-0.2, 0) is 0 Å². The fraction of sp³-hybridized carbons (Fsp3) is 0. The number of nitrogens with zero attached hydrogens (tertiary/aromatic N) is 1. The van der Waals surface area contributed by atoms with Crippen LogP contribution >= 0.6 is 0 Å². The van der Waals surface area contributed by atoms with Gasteiger partial charge in [0.2, 0.25) is 0 Å². The van der Waals surface area contributed by atoms with Crippen LogP contribution in [0.2, 0.25) is 0 Å². The summed E-state index contributed by atoms with van der Waals surface area (Å²) in [5.74, 6) is 0. The van der Waals surface area contributed by atoms with Crippen LogP contribution in [0.15, 0.2) is 24.4 Å². The Bertz CT molecular complexity index is 147. The average Bonchev–Trinajstić information content (AvgIpc) is 1.69. The van der Waals surface area contributed by atoms with Gasteiger partial charge in [-0.2, -0.15) is 0 Å². The molecule has 0 saturated carbocycles. The van der Waals surface area contributed by atoms with Crippen molar-refractivity contribution in [3.63, 3.8) is 0 Å². The van der Waals surface area contributed by atoms with Gasteiger partial charge in [0.15, 0.2) is 0 Å². The molecule has 1 aromatic rings. The molecule has 0 amide bonds. The van der Waals surface area contributed by atoms with Crippen molar-refractivity contribution >= 4 is 29.0 Å². The van der Waals surface area contributed by atoms with Crippen LogP contribution in [-0.4, -0.2) is 30.8 Å². The van der Waals surface area contributed by atoms with E-state index >= 15 is 0 Å². The minimum absolute atomic E-state index is 0. The molecule has 0 aromatic carbocycles. The zero-order chi connectivity index (χ0) is 5.11. The minimum atomic E-state index is 0. The van der Waals surface area contributed by atoms with Gasteiger partial charge in [-0.1, -0.05) is 0 Å². The van der Waals surface area contributed by atoms with E-state index in [9.17, 15) is 0 Å². The van der Waals surface area contributed by atoms with Gasteiger partial charge in [-0.05, 0) is 0 Å². The predicted octanol–water partition coefficient (Wildman–Crippen LogP) is -3.01. The van der Waals surface area contributed by atoms with E-state index in [1.54, 1.807) is 0 Å². The summed E-state index contributed by atoms with van der Waals surface area (Å²) >= 11 is 1.06. The molecule has 1 aromatic heterocycles. The van der Waals surface area contributed by atoms with E-state index in [0.717, 1.165) is 25.8 Å². The summed E-state index contributed by atoms with van der Waals surface area (Å²) in [5, 5.41) is 0. The van der Waals surface area contributed by atoms with Crippen LogP contribution in [0.3, 0.4) is 0 Å². The third-order valence-electron chi connectivity index (χ3n) is 0.665. The third kappa shape index (κ3) is 2.85. The Balaban J connectivity index is 0. The first-order chi connectivity index (χ1) is 3.39.